The lowest BCUT2D eigenvalue weighted by atomic mass is 10.1. The van der Waals surface area contributed by atoms with Gasteiger partial charge in [-0.2, -0.15) is 0 Å². The molecule has 0 saturated heterocycles. The fraction of sp³-hybridized carbons (Fsp3) is 0.231. The molecule has 0 aliphatic rings. The van der Waals surface area contributed by atoms with E-state index in [-0.39, 0.29) is 0 Å². The van der Waals surface area contributed by atoms with Gasteiger partial charge in [-0.15, -0.1) is 11.3 Å². The Balaban J connectivity index is 1.87. The lowest BCUT2D eigenvalue weighted by Gasteiger charge is -2.05. The zero-order chi connectivity index (χ0) is 11.4. The molecule has 1 nitrogen and oxygen atoms in total. The molecule has 2 rings (SSSR count). The first-order valence-corrected chi connectivity index (χ1v) is 6.91. The number of rotatable bonds is 4. The highest BCUT2D eigenvalue weighted by Crippen LogP contribution is 2.17. The van der Waals surface area contributed by atoms with Crippen LogP contribution in [0.3, 0.4) is 0 Å². The van der Waals surface area contributed by atoms with E-state index in [4.69, 9.17) is 0 Å². The SMILES string of the molecule is Cc1cc(CNCc2cccs2)ccc1Br. The Kier molecular flexibility index (Phi) is 4.16. The highest BCUT2D eigenvalue weighted by atomic mass is 79.9. The van der Waals surface area contributed by atoms with E-state index >= 15 is 0 Å². The number of hydrogen-bond donors (Lipinski definition) is 1. The first-order chi connectivity index (χ1) is 7.75. The molecule has 1 aromatic heterocycles. The molecule has 3 heteroatoms. The van der Waals surface area contributed by atoms with Crippen molar-refractivity contribution in [3.05, 3.63) is 56.2 Å². The summed E-state index contributed by atoms with van der Waals surface area (Å²) in [6, 6.07) is 10.7. The van der Waals surface area contributed by atoms with Crippen LogP contribution >= 0.6 is 27.3 Å². The Bertz CT molecular complexity index is 451. The Morgan fingerprint density at radius 3 is 2.81 bits per heavy atom. The van der Waals surface area contributed by atoms with Crippen LogP contribution in [0.25, 0.3) is 0 Å². The monoisotopic (exact) mass is 295 g/mol. The van der Waals surface area contributed by atoms with E-state index in [9.17, 15) is 0 Å². The van der Waals surface area contributed by atoms with Gasteiger partial charge in [-0.25, -0.2) is 0 Å². The highest BCUT2D eigenvalue weighted by molar-refractivity contribution is 9.10. The topological polar surface area (TPSA) is 12.0 Å². The molecule has 1 aromatic carbocycles. The molecule has 1 heterocycles. The zero-order valence-electron chi connectivity index (χ0n) is 9.16. The summed E-state index contributed by atoms with van der Waals surface area (Å²) in [5, 5.41) is 5.56. The summed E-state index contributed by atoms with van der Waals surface area (Å²) in [4.78, 5) is 1.38. The van der Waals surface area contributed by atoms with Crippen LogP contribution in [0.1, 0.15) is 16.0 Å². The van der Waals surface area contributed by atoms with Crippen LogP contribution in [0.15, 0.2) is 40.2 Å². The second-order valence-corrected chi connectivity index (χ2v) is 5.65. The molecule has 0 aliphatic heterocycles. The fourth-order valence-electron chi connectivity index (χ4n) is 1.56. The molecule has 1 N–H and O–H groups in total. The first-order valence-electron chi connectivity index (χ1n) is 5.24. The maximum Gasteiger partial charge on any atom is 0.0302 e. The summed E-state index contributed by atoms with van der Waals surface area (Å²) in [5.41, 5.74) is 2.62. The molecule has 0 spiro atoms. The Morgan fingerprint density at radius 2 is 2.12 bits per heavy atom. The van der Waals surface area contributed by atoms with Gasteiger partial charge in [0.05, 0.1) is 0 Å². The average Bonchev–Trinajstić information content (AvgIpc) is 2.76. The van der Waals surface area contributed by atoms with Crippen molar-refractivity contribution in [1.29, 1.82) is 0 Å². The van der Waals surface area contributed by atoms with E-state index < -0.39 is 0 Å². The normalized spacial score (nSPS) is 10.6. The molecule has 0 bridgehead atoms. The number of hydrogen-bond acceptors (Lipinski definition) is 2. The van der Waals surface area contributed by atoms with Gasteiger partial charge in [0.25, 0.3) is 0 Å². The number of aryl methyl sites for hydroxylation is 1. The Hall–Kier alpha value is -0.640. The van der Waals surface area contributed by atoms with Crippen LogP contribution in [-0.2, 0) is 13.1 Å². The second-order valence-electron chi connectivity index (χ2n) is 3.77. The Morgan fingerprint density at radius 1 is 1.25 bits per heavy atom. The molecule has 16 heavy (non-hydrogen) atoms. The molecule has 0 saturated carbocycles. The van der Waals surface area contributed by atoms with Crippen LogP contribution in [0.5, 0.6) is 0 Å². The van der Waals surface area contributed by atoms with E-state index in [2.05, 4.69) is 63.9 Å². The van der Waals surface area contributed by atoms with E-state index in [0.717, 1.165) is 13.1 Å². The third kappa shape index (κ3) is 3.17. The van der Waals surface area contributed by atoms with Crippen molar-refractivity contribution in [2.24, 2.45) is 0 Å². The lowest BCUT2D eigenvalue weighted by Crippen LogP contribution is -2.11. The number of nitrogens with one attached hydrogen (secondary N) is 1. The largest absolute Gasteiger partial charge is 0.308 e. The minimum absolute atomic E-state index is 0.923. The summed E-state index contributed by atoms with van der Waals surface area (Å²) >= 11 is 5.30. The van der Waals surface area contributed by atoms with E-state index in [1.54, 1.807) is 11.3 Å². The fourth-order valence-corrected chi connectivity index (χ4v) is 2.48. The van der Waals surface area contributed by atoms with Gasteiger partial charge in [0, 0.05) is 22.4 Å². The molecule has 0 radical (unpaired) electrons. The standard InChI is InChI=1S/C13H14BrNS/c1-10-7-11(4-5-13(10)14)8-15-9-12-3-2-6-16-12/h2-7,15H,8-9H2,1H3. The maximum absolute atomic E-state index is 3.51. The summed E-state index contributed by atoms with van der Waals surface area (Å²) in [7, 11) is 0. The van der Waals surface area contributed by atoms with Gasteiger partial charge in [0.2, 0.25) is 0 Å². The van der Waals surface area contributed by atoms with Crippen molar-refractivity contribution in [2.45, 2.75) is 20.0 Å². The smallest absolute Gasteiger partial charge is 0.0302 e. The van der Waals surface area contributed by atoms with Crippen LogP contribution in [-0.4, -0.2) is 0 Å². The van der Waals surface area contributed by atoms with Crippen LogP contribution in [0.2, 0.25) is 0 Å². The van der Waals surface area contributed by atoms with E-state index in [0.29, 0.717) is 0 Å². The van der Waals surface area contributed by atoms with Crippen LogP contribution in [0, 0.1) is 6.92 Å². The van der Waals surface area contributed by atoms with Crippen molar-refractivity contribution in [1.82, 2.24) is 5.32 Å². The summed E-state index contributed by atoms with van der Waals surface area (Å²) in [6.07, 6.45) is 0. The van der Waals surface area contributed by atoms with Crippen LogP contribution < -0.4 is 5.32 Å². The van der Waals surface area contributed by atoms with Gasteiger partial charge < -0.3 is 5.32 Å². The van der Waals surface area contributed by atoms with Gasteiger partial charge in [-0.05, 0) is 35.6 Å². The molecule has 2 aromatic rings. The highest BCUT2D eigenvalue weighted by Gasteiger charge is 1.98. The lowest BCUT2D eigenvalue weighted by molar-refractivity contribution is 0.700. The van der Waals surface area contributed by atoms with Crippen LogP contribution in [0.4, 0.5) is 0 Å². The zero-order valence-corrected chi connectivity index (χ0v) is 11.6. The van der Waals surface area contributed by atoms with Gasteiger partial charge in [-0.1, -0.05) is 34.1 Å². The third-order valence-electron chi connectivity index (χ3n) is 2.43. The molecular weight excluding hydrogens is 282 g/mol. The number of halogens is 1. The first kappa shape index (κ1) is 11.8. The summed E-state index contributed by atoms with van der Waals surface area (Å²) < 4.78 is 1.18. The number of thiophene rings is 1. The van der Waals surface area contributed by atoms with Gasteiger partial charge in [0.1, 0.15) is 0 Å². The van der Waals surface area contributed by atoms with Crippen molar-refractivity contribution in [3.63, 3.8) is 0 Å². The molecular formula is C13H14BrNS. The molecule has 0 unspecified atom stereocenters. The predicted octanol–water partition coefficient (Wildman–Crippen LogP) is 4.11. The molecule has 84 valence electrons. The summed E-state index contributed by atoms with van der Waals surface area (Å²) in [5.74, 6) is 0. The molecule has 0 aliphatic carbocycles. The minimum atomic E-state index is 0.923. The second kappa shape index (κ2) is 5.62. The maximum atomic E-state index is 3.51. The molecule has 0 amide bonds. The van der Waals surface area contributed by atoms with Crippen molar-refractivity contribution < 1.29 is 0 Å². The minimum Gasteiger partial charge on any atom is -0.308 e. The predicted molar refractivity (Wildman–Crippen MR) is 73.7 cm³/mol. The van der Waals surface area contributed by atoms with Crippen molar-refractivity contribution in [2.75, 3.05) is 0 Å². The van der Waals surface area contributed by atoms with E-state index in [1.165, 1.54) is 20.5 Å². The van der Waals surface area contributed by atoms with E-state index in [1.807, 2.05) is 0 Å². The quantitative estimate of drug-likeness (QED) is 0.895. The van der Waals surface area contributed by atoms with Crippen molar-refractivity contribution in [3.8, 4) is 0 Å². The van der Waals surface area contributed by atoms with Gasteiger partial charge in [-0.3, -0.25) is 0 Å². The molecule has 0 atom stereocenters. The molecule has 0 fully saturated rings. The Labute approximate surface area is 109 Å². The van der Waals surface area contributed by atoms with Gasteiger partial charge >= 0.3 is 0 Å². The van der Waals surface area contributed by atoms with Gasteiger partial charge in [0.15, 0.2) is 0 Å². The summed E-state index contributed by atoms with van der Waals surface area (Å²) in [6.45, 7) is 3.99. The van der Waals surface area contributed by atoms with Crippen molar-refractivity contribution >= 4 is 27.3 Å². The number of benzene rings is 1. The average molecular weight is 296 g/mol. The third-order valence-corrected chi connectivity index (χ3v) is 4.20.